The number of hydrogen-bond donors (Lipinski definition) is 1. The molecule has 5 heteroatoms. The number of rotatable bonds is 4. The van der Waals surface area contributed by atoms with E-state index >= 15 is 0 Å². The van der Waals surface area contributed by atoms with Crippen LogP contribution in [0.4, 0.5) is 5.69 Å². The van der Waals surface area contributed by atoms with Crippen molar-refractivity contribution in [3.8, 4) is 11.5 Å². The van der Waals surface area contributed by atoms with E-state index < -0.39 is 0 Å². The van der Waals surface area contributed by atoms with E-state index in [0.717, 1.165) is 37.1 Å². The highest BCUT2D eigenvalue weighted by molar-refractivity contribution is 5.64. The van der Waals surface area contributed by atoms with Crippen molar-refractivity contribution in [2.75, 3.05) is 11.9 Å². The van der Waals surface area contributed by atoms with Gasteiger partial charge in [-0.25, -0.2) is 0 Å². The molecule has 1 N–H and O–H groups in total. The van der Waals surface area contributed by atoms with Gasteiger partial charge in [-0.05, 0) is 43.9 Å². The van der Waals surface area contributed by atoms with E-state index in [1.807, 2.05) is 6.07 Å². The summed E-state index contributed by atoms with van der Waals surface area (Å²) in [6, 6.07) is 6.63. The van der Waals surface area contributed by atoms with E-state index in [-0.39, 0.29) is 0 Å². The highest BCUT2D eigenvalue weighted by Crippen LogP contribution is 2.27. The normalized spacial score (nSPS) is 22.2. The maximum absolute atomic E-state index is 5.73. The molecule has 0 spiro atoms. The standard InChI is InChI=1S/C16H21N3O2/c1-3-14-9-13(6-7-20-14)18-15-8-12(5-4-11(15)2)16-19-17-10-21-16/h4-5,8,10,13-14,18H,3,6-7,9H2,1-2H3. The van der Waals surface area contributed by atoms with Crippen LogP contribution >= 0.6 is 0 Å². The molecule has 1 aliphatic rings. The van der Waals surface area contributed by atoms with Gasteiger partial charge in [0.1, 0.15) is 0 Å². The summed E-state index contributed by atoms with van der Waals surface area (Å²) >= 11 is 0. The fraction of sp³-hybridized carbons (Fsp3) is 0.500. The second-order valence-corrected chi connectivity index (χ2v) is 5.54. The van der Waals surface area contributed by atoms with E-state index in [0.29, 0.717) is 18.0 Å². The number of ether oxygens (including phenoxy) is 1. The number of nitrogens with one attached hydrogen (secondary N) is 1. The van der Waals surface area contributed by atoms with Gasteiger partial charge in [0.05, 0.1) is 6.10 Å². The van der Waals surface area contributed by atoms with Crippen LogP contribution in [0.15, 0.2) is 29.0 Å². The minimum absolute atomic E-state index is 0.371. The molecule has 2 atom stereocenters. The molecule has 1 aliphatic heterocycles. The minimum Gasteiger partial charge on any atom is -0.423 e. The van der Waals surface area contributed by atoms with Crippen LogP contribution in [0.25, 0.3) is 11.5 Å². The summed E-state index contributed by atoms with van der Waals surface area (Å²) in [6.07, 6.45) is 4.89. The SMILES string of the molecule is CCC1CC(Nc2cc(-c3nnco3)ccc2C)CCO1. The third kappa shape index (κ3) is 3.24. The van der Waals surface area contributed by atoms with Gasteiger partial charge >= 0.3 is 0 Å². The fourth-order valence-electron chi connectivity index (χ4n) is 2.73. The lowest BCUT2D eigenvalue weighted by molar-refractivity contribution is 0.00925. The molecule has 21 heavy (non-hydrogen) atoms. The Hall–Kier alpha value is -1.88. The maximum Gasteiger partial charge on any atom is 0.247 e. The zero-order chi connectivity index (χ0) is 14.7. The third-order valence-corrected chi connectivity index (χ3v) is 4.03. The second-order valence-electron chi connectivity index (χ2n) is 5.54. The van der Waals surface area contributed by atoms with Gasteiger partial charge in [-0.15, -0.1) is 10.2 Å². The molecule has 1 saturated heterocycles. The van der Waals surface area contributed by atoms with Crippen molar-refractivity contribution in [3.63, 3.8) is 0 Å². The van der Waals surface area contributed by atoms with Crippen molar-refractivity contribution in [2.45, 2.75) is 45.3 Å². The van der Waals surface area contributed by atoms with Gasteiger partial charge in [0, 0.05) is 23.9 Å². The maximum atomic E-state index is 5.73. The molecule has 1 aromatic carbocycles. The number of aromatic nitrogens is 2. The molecule has 0 bridgehead atoms. The zero-order valence-electron chi connectivity index (χ0n) is 12.5. The van der Waals surface area contributed by atoms with Crippen LogP contribution in [0.3, 0.4) is 0 Å². The Balaban J connectivity index is 1.77. The number of anilines is 1. The number of benzene rings is 1. The molecular weight excluding hydrogens is 266 g/mol. The predicted octanol–water partition coefficient (Wildman–Crippen LogP) is 3.41. The molecule has 2 unspecified atom stereocenters. The number of hydrogen-bond acceptors (Lipinski definition) is 5. The fourth-order valence-corrected chi connectivity index (χ4v) is 2.73. The minimum atomic E-state index is 0.371. The van der Waals surface area contributed by atoms with Crippen LogP contribution in [0.1, 0.15) is 31.7 Å². The van der Waals surface area contributed by atoms with Crippen molar-refractivity contribution in [3.05, 3.63) is 30.2 Å². The van der Waals surface area contributed by atoms with Crippen LogP contribution in [-0.2, 0) is 4.74 Å². The highest BCUT2D eigenvalue weighted by atomic mass is 16.5. The van der Waals surface area contributed by atoms with E-state index in [9.17, 15) is 0 Å². The lowest BCUT2D eigenvalue weighted by Crippen LogP contribution is -2.33. The first kappa shape index (κ1) is 14.1. The molecule has 112 valence electrons. The summed E-state index contributed by atoms with van der Waals surface area (Å²) in [5.74, 6) is 0.552. The Kier molecular flexibility index (Phi) is 4.20. The predicted molar refractivity (Wildman–Crippen MR) is 81.1 cm³/mol. The van der Waals surface area contributed by atoms with Crippen molar-refractivity contribution < 1.29 is 9.15 Å². The average molecular weight is 287 g/mol. The Morgan fingerprint density at radius 1 is 1.38 bits per heavy atom. The highest BCUT2D eigenvalue weighted by Gasteiger charge is 2.21. The van der Waals surface area contributed by atoms with Gasteiger partial charge in [0.25, 0.3) is 0 Å². The quantitative estimate of drug-likeness (QED) is 0.933. The molecule has 0 saturated carbocycles. The van der Waals surface area contributed by atoms with Crippen LogP contribution in [0.2, 0.25) is 0 Å². The Labute approximate surface area is 124 Å². The van der Waals surface area contributed by atoms with Crippen LogP contribution in [-0.4, -0.2) is 29.0 Å². The molecule has 1 fully saturated rings. The van der Waals surface area contributed by atoms with Crippen molar-refractivity contribution in [2.24, 2.45) is 0 Å². The molecule has 1 aromatic heterocycles. The van der Waals surface area contributed by atoms with Gasteiger partial charge in [0.2, 0.25) is 12.3 Å². The largest absolute Gasteiger partial charge is 0.423 e. The van der Waals surface area contributed by atoms with Crippen LogP contribution in [0, 0.1) is 6.92 Å². The summed E-state index contributed by atoms with van der Waals surface area (Å²) in [4.78, 5) is 0. The summed E-state index contributed by atoms with van der Waals surface area (Å²) in [7, 11) is 0. The van der Waals surface area contributed by atoms with Gasteiger partial charge in [0.15, 0.2) is 0 Å². The number of aryl methyl sites for hydroxylation is 1. The molecule has 0 amide bonds. The van der Waals surface area contributed by atoms with Crippen molar-refractivity contribution in [1.82, 2.24) is 10.2 Å². The van der Waals surface area contributed by atoms with Crippen molar-refractivity contribution in [1.29, 1.82) is 0 Å². The van der Waals surface area contributed by atoms with Gasteiger partial charge < -0.3 is 14.5 Å². The summed E-state index contributed by atoms with van der Waals surface area (Å²) in [5, 5.41) is 11.3. The van der Waals surface area contributed by atoms with Crippen LogP contribution < -0.4 is 5.32 Å². The van der Waals surface area contributed by atoms with E-state index in [1.54, 1.807) is 0 Å². The lowest BCUT2D eigenvalue weighted by Gasteiger charge is -2.30. The second kappa shape index (κ2) is 6.26. The first-order valence-corrected chi connectivity index (χ1v) is 7.51. The summed E-state index contributed by atoms with van der Waals surface area (Å²) < 4.78 is 11.0. The Morgan fingerprint density at radius 2 is 2.29 bits per heavy atom. The molecule has 0 radical (unpaired) electrons. The molecule has 3 rings (SSSR count). The van der Waals surface area contributed by atoms with Crippen LogP contribution in [0.5, 0.6) is 0 Å². The van der Waals surface area contributed by atoms with Gasteiger partial charge in [-0.2, -0.15) is 0 Å². The third-order valence-electron chi connectivity index (χ3n) is 4.03. The first-order valence-electron chi connectivity index (χ1n) is 7.51. The summed E-state index contributed by atoms with van der Waals surface area (Å²) in [5.41, 5.74) is 3.30. The monoisotopic (exact) mass is 287 g/mol. The van der Waals surface area contributed by atoms with Gasteiger partial charge in [-0.1, -0.05) is 13.0 Å². The average Bonchev–Trinajstić information content (AvgIpc) is 3.04. The molecule has 0 aliphatic carbocycles. The summed E-state index contributed by atoms with van der Waals surface area (Å²) in [6.45, 7) is 5.11. The molecule has 2 aromatic rings. The Bertz CT molecular complexity index is 583. The zero-order valence-corrected chi connectivity index (χ0v) is 12.5. The van der Waals surface area contributed by atoms with Crippen molar-refractivity contribution >= 4 is 5.69 Å². The smallest absolute Gasteiger partial charge is 0.247 e. The molecule has 2 heterocycles. The molecule has 5 nitrogen and oxygen atoms in total. The van der Waals surface area contributed by atoms with Gasteiger partial charge in [-0.3, -0.25) is 0 Å². The first-order chi connectivity index (χ1) is 10.3. The number of nitrogens with zero attached hydrogens (tertiary/aromatic N) is 2. The van der Waals surface area contributed by atoms with E-state index in [2.05, 4.69) is 41.5 Å². The molecular formula is C16H21N3O2. The lowest BCUT2D eigenvalue weighted by atomic mass is 10.0. The van der Waals surface area contributed by atoms with E-state index in [1.165, 1.54) is 12.0 Å². The Morgan fingerprint density at radius 3 is 3.05 bits per heavy atom. The topological polar surface area (TPSA) is 60.2 Å². The van der Waals surface area contributed by atoms with E-state index in [4.69, 9.17) is 9.15 Å².